The van der Waals surface area contributed by atoms with Crippen molar-refractivity contribution < 1.29 is 22.9 Å². The van der Waals surface area contributed by atoms with Crippen LogP contribution >= 0.6 is 11.3 Å². The third-order valence-electron chi connectivity index (χ3n) is 5.90. The van der Waals surface area contributed by atoms with Crippen LogP contribution in [0.1, 0.15) is 12.8 Å². The highest BCUT2D eigenvalue weighted by atomic mass is 32.2. The zero-order valence-electron chi connectivity index (χ0n) is 18.1. The third kappa shape index (κ3) is 5.00. The molecule has 0 aliphatic carbocycles. The first-order chi connectivity index (χ1) is 15.8. The molecule has 3 heterocycles. The van der Waals surface area contributed by atoms with Gasteiger partial charge in [-0.2, -0.15) is 9.30 Å². The van der Waals surface area contributed by atoms with Crippen molar-refractivity contribution in [3.05, 3.63) is 44.7 Å². The van der Waals surface area contributed by atoms with Crippen LogP contribution in [-0.2, 0) is 26.6 Å². The molecule has 0 unspecified atom stereocenters. The van der Waals surface area contributed by atoms with Crippen molar-refractivity contribution >= 4 is 38.6 Å². The van der Waals surface area contributed by atoms with E-state index in [2.05, 4.69) is 4.99 Å². The predicted molar refractivity (Wildman–Crippen MR) is 121 cm³/mol. The molecule has 1 aromatic carbocycles. The van der Waals surface area contributed by atoms with Gasteiger partial charge < -0.3 is 14.2 Å². The molecule has 2 aromatic rings. The van der Waals surface area contributed by atoms with Crippen molar-refractivity contribution in [3.8, 4) is 0 Å². The van der Waals surface area contributed by atoms with Gasteiger partial charge in [0.2, 0.25) is 10.0 Å². The summed E-state index contributed by atoms with van der Waals surface area (Å²) in [5.41, 5.74) is 0.0952. The molecule has 0 radical (unpaired) electrons. The fraction of sp³-hybridized carbons (Fsp3) is 0.500. The van der Waals surface area contributed by atoms with Crippen molar-refractivity contribution in [2.75, 3.05) is 44.3 Å². The predicted octanol–water partition coefficient (Wildman–Crippen LogP) is 1.36. The Hall–Kier alpha value is -2.61. The Bertz CT molecular complexity index is 1210. The zero-order valence-corrected chi connectivity index (χ0v) is 19.8. The van der Waals surface area contributed by atoms with Gasteiger partial charge in [0.1, 0.15) is 5.69 Å². The second-order valence-corrected chi connectivity index (χ2v) is 10.7. The number of hydrogen-bond donors (Lipinski definition) is 0. The Balaban J connectivity index is 1.51. The second-order valence-electron chi connectivity index (χ2n) is 7.93. The van der Waals surface area contributed by atoms with Crippen LogP contribution in [0.25, 0.3) is 0 Å². The Kier molecular flexibility index (Phi) is 6.93. The molecular formula is C20H25N5O6S2. The van der Waals surface area contributed by atoms with E-state index in [-0.39, 0.29) is 35.5 Å². The number of nitrogens with zero attached hydrogens (tertiary/aromatic N) is 5. The molecule has 0 N–H and O–H groups in total. The summed E-state index contributed by atoms with van der Waals surface area (Å²) in [7, 11) is -2.02. The van der Waals surface area contributed by atoms with Crippen LogP contribution in [0.2, 0.25) is 0 Å². The number of rotatable bonds is 5. The van der Waals surface area contributed by atoms with Crippen LogP contribution in [0, 0.1) is 16.0 Å². The first kappa shape index (κ1) is 23.5. The van der Waals surface area contributed by atoms with Gasteiger partial charge in [-0.3, -0.25) is 14.9 Å². The monoisotopic (exact) mass is 495 g/mol. The number of ether oxygens (including phenoxy) is 1. The molecule has 0 saturated carbocycles. The van der Waals surface area contributed by atoms with Gasteiger partial charge in [-0.15, -0.1) is 11.3 Å². The van der Waals surface area contributed by atoms with Crippen LogP contribution < -0.4 is 9.70 Å². The molecule has 11 nitrogen and oxygen atoms in total. The van der Waals surface area contributed by atoms with Gasteiger partial charge in [0, 0.05) is 56.8 Å². The van der Waals surface area contributed by atoms with E-state index in [0.29, 0.717) is 49.6 Å². The number of aryl methyl sites for hydroxylation is 1. The van der Waals surface area contributed by atoms with E-state index in [1.807, 2.05) is 23.5 Å². The smallest absolute Gasteiger partial charge is 0.293 e. The number of hydrogen-bond acceptors (Lipinski definition) is 8. The number of carbonyl (C=O) groups excluding carboxylic acids is 1. The number of aromatic nitrogens is 1. The SMILES string of the molecule is Cn1ccsc1=NC(=O)C1CCN(c2ccc(S(=O)(=O)N3CCOCC3)cc2[N+](=O)[O-])CC1. The van der Waals surface area contributed by atoms with Gasteiger partial charge >= 0.3 is 0 Å². The van der Waals surface area contributed by atoms with Gasteiger partial charge in [0.05, 0.1) is 23.0 Å². The number of nitro benzene ring substituents is 1. The number of amides is 1. The van der Waals surface area contributed by atoms with E-state index < -0.39 is 14.9 Å². The highest BCUT2D eigenvalue weighted by molar-refractivity contribution is 7.89. The average molecular weight is 496 g/mol. The van der Waals surface area contributed by atoms with Crippen LogP contribution in [0.4, 0.5) is 11.4 Å². The summed E-state index contributed by atoms with van der Waals surface area (Å²) in [4.78, 5) is 30.4. The third-order valence-corrected chi connectivity index (χ3v) is 8.64. The summed E-state index contributed by atoms with van der Waals surface area (Å²) in [6.07, 6.45) is 2.87. The number of morpholine rings is 1. The summed E-state index contributed by atoms with van der Waals surface area (Å²) in [5, 5.41) is 13.6. The number of piperidine rings is 1. The molecular weight excluding hydrogens is 470 g/mol. The van der Waals surface area contributed by atoms with Crippen molar-refractivity contribution in [2.45, 2.75) is 17.7 Å². The lowest BCUT2D eigenvalue weighted by Gasteiger charge is -2.32. The number of carbonyl (C=O) groups is 1. The van der Waals surface area contributed by atoms with Crippen LogP contribution in [0.5, 0.6) is 0 Å². The second kappa shape index (κ2) is 9.71. The summed E-state index contributed by atoms with van der Waals surface area (Å²) >= 11 is 1.39. The molecule has 2 saturated heterocycles. The van der Waals surface area contributed by atoms with Gasteiger partial charge in [0.15, 0.2) is 4.80 Å². The molecule has 0 atom stereocenters. The summed E-state index contributed by atoms with van der Waals surface area (Å²) in [6, 6.07) is 4.03. The number of anilines is 1. The van der Waals surface area contributed by atoms with E-state index in [4.69, 9.17) is 4.74 Å². The highest BCUT2D eigenvalue weighted by Gasteiger charge is 2.32. The van der Waals surface area contributed by atoms with Crippen LogP contribution in [0.15, 0.2) is 39.7 Å². The maximum absolute atomic E-state index is 12.9. The molecule has 33 heavy (non-hydrogen) atoms. The lowest BCUT2D eigenvalue weighted by atomic mass is 9.95. The van der Waals surface area contributed by atoms with Crippen molar-refractivity contribution in [1.29, 1.82) is 0 Å². The highest BCUT2D eigenvalue weighted by Crippen LogP contribution is 2.34. The maximum Gasteiger partial charge on any atom is 0.293 e. The quantitative estimate of drug-likeness (QED) is 0.453. The minimum absolute atomic E-state index is 0.104. The number of thiazole rings is 1. The van der Waals surface area contributed by atoms with Gasteiger partial charge in [-0.25, -0.2) is 8.42 Å². The molecule has 2 fully saturated rings. The van der Waals surface area contributed by atoms with E-state index in [1.165, 1.54) is 27.8 Å². The van der Waals surface area contributed by atoms with Gasteiger partial charge in [-0.05, 0) is 25.0 Å². The lowest BCUT2D eigenvalue weighted by Crippen LogP contribution is -2.40. The maximum atomic E-state index is 12.9. The minimum atomic E-state index is -3.84. The van der Waals surface area contributed by atoms with E-state index in [0.717, 1.165) is 6.07 Å². The first-order valence-corrected chi connectivity index (χ1v) is 12.9. The molecule has 0 spiro atoms. The minimum Gasteiger partial charge on any atom is -0.379 e. The molecule has 4 rings (SSSR count). The van der Waals surface area contributed by atoms with E-state index in [9.17, 15) is 23.3 Å². The van der Waals surface area contributed by atoms with Crippen LogP contribution in [0.3, 0.4) is 0 Å². The fourth-order valence-electron chi connectivity index (χ4n) is 4.00. The van der Waals surface area contributed by atoms with Crippen molar-refractivity contribution in [2.24, 2.45) is 18.0 Å². The standard InChI is InChI=1S/C20H25N5O6S2/c1-22-10-13-32-20(22)21-19(26)15-4-6-23(7-5-15)17-3-2-16(14-18(17)25(27)28)33(29,30)24-8-11-31-12-9-24/h2-3,10,13-15H,4-9,11-12H2,1H3. The number of sulfonamides is 1. The van der Waals surface area contributed by atoms with E-state index in [1.54, 1.807) is 4.57 Å². The normalized spacial score (nSPS) is 19.1. The fourth-order valence-corrected chi connectivity index (χ4v) is 6.16. The largest absolute Gasteiger partial charge is 0.379 e. The number of nitro groups is 1. The Morgan fingerprint density at radius 3 is 2.52 bits per heavy atom. The van der Waals surface area contributed by atoms with Crippen LogP contribution in [-0.4, -0.2) is 67.5 Å². The molecule has 2 aliphatic rings. The summed E-state index contributed by atoms with van der Waals surface area (Å²) in [6.45, 7) is 1.91. The molecule has 0 bridgehead atoms. The Labute approximate surface area is 195 Å². The summed E-state index contributed by atoms with van der Waals surface area (Å²) in [5.74, 6) is -0.433. The first-order valence-electron chi connectivity index (χ1n) is 10.6. The Morgan fingerprint density at radius 2 is 1.91 bits per heavy atom. The molecule has 2 aliphatic heterocycles. The zero-order chi connectivity index (χ0) is 23.6. The van der Waals surface area contributed by atoms with Gasteiger partial charge in [-0.1, -0.05) is 0 Å². The van der Waals surface area contributed by atoms with Gasteiger partial charge in [0.25, 0.3) is 11.6 Å². The number of benzene rings is 1. The molecule has 13 heteroatoms. The topological polar surface area (TPSA) is 127 Å². The van der Waals surface area contributed by atoms with Crippen molar-refractivity contribution in [1.82, 2.24) is 8.87 Å². The molecule has 1 amide bonds. The Morgan fingerprint density at radius 1 is 1.21 bits per heavy atom. The average Bonchev–Trinajstić information content (AvgIpc) is 3.23. The van der Waals surface area contributed by atoms with E-state index >= 15 is 0 Å². The van der Waals surface area contributed by atoms with Crippen molar-refractivity contribution in [3.63, 3.8) is 0 Å². The molecule has 178 valence electrons. The molecule has 1 aromatic heterocycles. The lowest BCUT2D eigenvalue weighted by molar-refractivity contribution is -0.384. The summed E-state index contributed by atoms with van der Waals surface area (Å²) < 4.78 is 34.1.